The summed E-state index contributed by atoms with van der Waals surface area (Å²) in [6.45, 7) is 23.6. The zero-order valence-corrected chi connectivity index (χ0v) is 25.3. The molecule has 0 atom stereocenters. The van der Waals surface area contributed by atoms with E-state index in [9.17, 15) is 9.59 Å². The zero-order chi connectivity index (χ0) is 28.5. The standard InChI is InChI=1S/C34H48N2O2/c1-31(2,3)35-21-19-33(7,8)27(23-35)29(37)17-15-25-11-13-26(14-12-25)16-18-30(38)28-24-36(32(4,5)6)22-20-34(28,9)10/h11-18,23-24H,19-22H2,1-10H3/b17-15+,18-16+. The molecule has 1 aromatic carbocycles. The molecule has 0 unspecified atom stereocenters. The minimum atomic E-state index is -0.142. The maximum atomic E-state index is 13.2. The summed E-state index contributed by atoms with van der Waals surface area (Å²) in [5.74, 6) is 0.123. The van der Waals surface area contributed by atoms with Gasteiger partial charge in [0, 0.05) is 47.7 Å². The van der Waals surface area contributed by atoms with Gasteiger partial charge in [-0.2, -0.15) is 0 Å². The first-order valence-electron chi connectivity index (χ1n) is 13.9. The normalized spacial score (nSPS) is 20.1. The highest BCUT2D eigenvalue weighted by atomic mass is 16.1. The van der Waals surface area contributed by atoms with Crippen LogP contribution in [0.1, 0.15) is 93.2 Å². The van der Waals surface area contributed by atoms with Gasteiger partial charge >= 0.3 is 0 Å². The molecular weight excluding hydrogens is 468 g/mol. The molecule has 38 heavy (non-hydrogen) atoms. The lowest BCUT2D eigenvalue weighted by Crippen LogP contribution is -2.44. The van der Waals surface area contributed by atoms with Gasteiger partial charge in [-0.15, -0.1) is 0 Å². The fraction of sp³-hybridized carbons (Fsp3) is 0.529. The van der Waals surface area contributed by atoms with Gasteiger partial charge < -0.3 is 9.80 Å². The fourth-order valence-corrected chi connectivity index (χ4v) is 4.95. The number of ketones is 2. The van der Waals surface area contributed by atoms with Crippen molar-refractivity contribution < 1.29 is 9.59 Å². The molecule has 0 N–H and O–H groups in total. The molecule has 0 aromatic heterocycles. The largest absolute Gasteiger partial charge is 0.372 e. The summed E-state index contributed by atoms with van der Waals surface area (Å²) < 4.78 is 0. The summed E-state index contributed by atoms with van der Waals surface area (Å²) in [6.07, 6.45) is 13.2. The molecule has 0 bridgehead atoms. The number of carbonyl (C=O) groups excluding carboxylic acids is 2. The first kappa shape index (κ1) is 29.7. The van der Waals surface area contributed by atoms with Crippen molar-refractivity contribution in [2.75, 3.05) is 13.1 Å². The highest BCUT2D eigenvalue weighted by Crippen LogP contribution is 2.38. The van der Waals surface area contributed by atoms with Gasteiger partial charge in [0.2, 0.25) is 0 Å². The number of hydrogen-bond acceptors (Lipinski definition) is 4. The second-order valence-corrected chi connectivity index (χ2v) is 14.1. The lowest BCUT2D eigenvalue weighted by Gasteiger charge is -2.43. The van der Waals surface area contributed by atoms with Crippen molar-refractivity contribution in [1.29, 1.82) is 0 Å². The van der Waals surface area contributed by atoms with Gasteiger partial charge in [-0.25, -0.2) is 0 Å². The van der Waals surface area contributed by atoms with E-state index in [-0.39, 0.29) is 33.5 Å². The van der Waals surface area contributed by atoms with Gasteiger partial charge in [0.05, 0.1) is 0 Å². The molecule has 1 aromatic rings. The highest BCUT2D eigenvalue weighted by Gasteiger charge is 2.35. The van der Waals surface area contributed by atoms with Crippen molar-refractivity contribution in [2.24, 2.45) is 10.8 Å². The molecule has 0 saturated heterocycles. The number of rotatable bonds is 6. The summed E-state index contributed by atoms with van der Waals surface area (Å²) in [5.41, 5.74) is 3.34. The Labute approximate surface area is 231 Å². The van der Waals surface area contributed by atoms with Gasteiger partial charge in [-0.05, 0) is 88.5 Å². The Hall–Kier alpha value is -2.88. The van der Waals surface area contributed by atoms with Crippen molar-refractivity contribution in [2.45, 2.75) is 93.2 Å². The number of nitrogens with zero attached hydrogens (tertiary/aromatic N) is 2. The third-order valence-corrected chi connectivity index (χ3v) is 8.03. The molecule has 0 spiro atoms. The van der Waals surface area contributed by atoms with Crippen LogP contribution in [0.5, 0.6) is 0 Å². The lowest BCUT2D eigenvalue weighted by atomic mass is 9.76. The van der Waals surface area contributed by atoms with Crippen LogP contribution in [0.15, 0.2) is 60.0 Å². The summed E-state index contributed by atoms with van der Waals surface area (Å²) >= 11 is 0. The molecule has 0 saturated carbocycles. The molecule has 2 aliphatic heterocycles. The number of benzene rings is 1. The van der Waals surface area contributed by atoms with Crippen molar-refractivity contribution in [3.63, 3.8) is 0 Å². The summed E-state index contributed by atoms with van der Waals surface area (Å²) in [6, 6.07) is 7.95. The van der Waals surface area contributed by atoms with Crippen LogP contribution >= 0.6 is 0 Å². The quantitative estimate of drug-likeness (QED) is 0.364. The molecule has 4 nitrogen and oxygen atoms in total. The minimum absolute atomic E-state index is 0.00821. The second kappa shape index (κ2) is 10.7. The lowest BCUT2D eigenvalue weighted by molar-refractivity contribution is -0.113. The molecule has 2 heterocycles. The third kappa shape index (κ3) is 7.15. The molecule has 0 amide bonds. The van der Waals surface area contributed by atoms with Crippen LogP contribution in [0.4, 0.5) is 0 Å². The van der Waals surface area contributed by atoms with Gasteiger partial charge in [-0.1, -0.05) is 64.1 Å². The van der Waals surface area contributed by atoms with Crippen LogP contribution < -0.4 is 0 Å². The number of hydrogen-bond donors (Lipinski definition) is 0. The van der Waals surface area contributed by atoms with E-state index < -0.39 is 0 Å². The van der Waals surface area contributed by atoms with Crippen LogP contribution in [-0.2, 0) is 9.59 Å². The summed E-state index contributed by atoms with van der Waals surface area (Å²) in [7, 11) is 0. The topological polar surface area (TPSA) is 40.6 Å². The number of allylic oxidation sites excluding steroid dienone is 4. The van der Waals surface area contributed by atoms with E-state index in [4.69, 9.17) is 0 Å². The van der Waals surface area contributed by atoms with Gasteiger partial charge in [0.25, 0.3) is 0 Å². The number of carbonyl (C=O) groups is 2. The molecule has 0 radical (unpaired) electrons. The maximum absolute atomic E-state index is 13.2. The monoisotopic (exact) mass is 516 g/mol. The van der Waals surface area contributed by atoms with E-state index in [1.807, 2.05) is 36.4 Å². The fourth-order valence-electron chi connectivity index (χ4n) is 4.95. The minimum Gasteiger partial charge on any atom is -0.372 e. The van der Waals surface area contributed by atoms with Crippen molar-refractivity contribution in [1.82, 2.24) is 9.80 Å². The molecular formula is C34H48N2O2. The Morgan fingerprint density at radius 3 is 1.26 bits per heavy atom. The Bertz CT molecular complexity index is 1070. The van der Waals surface area contributed by atoms with Gasteiger partial charge in [-0.3, -0.25) is 9.59 Å². The average Bonchev–Trinajstić information content (AvgIpc) is 2.79. The zero-order valence-electron chi connectivity index (χ0n) is 25.3. The second-order valence-electron chi connectivity index (χ2n) is 14.1. The summed E-state index contributed by atoms with van der Waals surface area (Å²) in [5, 5.41) is 0. The Balaban J connectivity index is 1.71. The van der Waals surface area contributed by atoms with E-state index >= 15 is 0 Å². The SMILES string of the molecule is CC1(C)CCN(C(C)(C)C)C=C1C(=O)/C=C/c1ccc(/C=C/C(=O)C2=CN(C(C)(C)C)CCC2(C)C)cc1. The van der Waals surface area contributed by atoms with E-state index in [2.05, 4.69) is 91.4 Å². The first-order valence-corrected chi connectivity index (χ1v) is 13.9. The van der Waals surface area contributed by atoms with Crippen LogP contribution in [0.3, 0.4) is 0 Å². The van der Waals surface area contributed by atoms with E-state index in [0.717, 1.165) is 48.2 Å². The van der Waals surface area contributed by atoms with Crippen molar-refractivity contribution in [3.8, 4) is 0 Å². The molecule has 3 rings (SSSR count). The first-order chi connectivity index (χ1) is 17.4. The van der Waals surface area contributed by atoms with Crippen LogP contribution in [-0.4, -0.2) is 45.5 Å². The molecule has 2 aliphatic rings. The van der Waals surface area contributed by atoms with E-state index in [1.165, 1.54) is 0 Å². The van der Waals surface area contributed by atoms with Crippen LogP contribution in [0, 0.1) is 10.8 Å². The third-order valence-electron chi connectivity index (χ3n) is 8.03. The van der Waals surface area contributed by atoms with E-state index in [0.29, 0.717) is 0 Å². The molecule has 0 aliphatic carbocycles. The van der Waals surface area contributed by atoms with Crippen molar-refractivity contribution in [3.05, 3.63) is 71.1 Å². The Morgan fingerprint density at radius 2 is 0.974 bits per heavy atom. The van der Waals surface area contributed by atoms with Gasteiger partial charge in [0.1, 0.15) is 0 Å². The maximum Gasteiger partial charge on any atom is 0.183 e. The molecule has 0 fully saturated rings. The highest BCUT2D eigenvalue weighted by molar-refractivity contribution is 6.08. The Morgan fingerprint density at radius 1 is 0.658 bits per heavy atom. The average molecular weight is 517 g/mol. The van der Waals surface area contributed by atoms with E-state index in [1.54, 1.807) is 12.2 Å². The van der Waals surface area contributed by atoms with Crippen LogP contribution in [0.2, 0.25) is 0 Å². The van der Waals surface area contributed by atoms with Gasteiger partial charge in [0.15, 0.2) is 11.6 Å². The van der Waals surface area contributed by atoms with Crippen LogP contribution in [0.25, 0.3) is 12.2 Å². The summed E-state index contributed by atoms with van der Waals surface area (Å²) in [4.78, 5) is 30.8. The predicted molar refractivity (Wildman–Crippen MR) is 160 cm³/mol. The Kier molecular flexibility index (Phi) is 8.36. The molecule has 206 valence electrons. The predicted octanol–water partition coefficient (Wildman–Crippen LogP) is 7.68. The smallest absolute Gasteiger partial charge is 0.183 e. The van der Waals surface area contributed by atoms with Crippen molar-refractivity contribution >= 4 is 23.7 Å². The molecule has 4 heteroatoms.